The van der Waals surface area contributed by atoms with E-state index in [0.29, 0.717) is 0 Å². The molecule has 1 aromatic heterocycles. The van der Waals surface area contributed by atoms with Gasteiger partial charge in [-0.3, -0.25) is 0 Å². The summed E-state index contributed by atoms with van der Waals surface area (Å²) in [5.41, 5.74) is 1.17. The third-order valence-electron chi connectivity index (χ3n) is 2.96. The van der Waals surface area contributed by atoms with Gasteiger partial charge >= 0.3 is 0 Å². The minimum Gasteiger partial charge on any atom is -0.491 e. The average Bonchev–Trinajstić information content (AvgIpc) is 2.67. The summed E-state index contributed by atoms with van der Waals surface area (Å²) in [4.78, 5) is 6.81. The maximum absolute atomic E-state index is 5.74. The van der Waals surface area contributed by atoms with Gasteiger partial charge in [0, 0.05) is 25.7 Å². The molecule has 0 bridgehead atoms. The lowest BCUT2D eigenvalue weighted by Gasteiger charge is -2.22. The van der Waals surface area contributed by atoms with Gasteiger partial charge in [-0.1, -0.05) is 6.92 Å². The SMILES string of the molecule is CCCOc1cc(N2CCCNCC2)cnc1I. The zero-order valence-electron chi connectivity index (χ0n) is 10.8. The fraction of sp³-hybridized carbons (Fsp3) is 0.615. The van der Waals surface area contributed by atoms with Gasteiger partial charge in [0.25, 0.3) is 0 Å². The first-order valence-corrected chi connectivity index (χ1v) is 7.63. The smallest absolute Gasteiger partial charge is 0.153 e. The molecule has 1 aliphatic heterocycles. The summed E-state index contributed by atoms with van der Waals surface area (Å²) in [7, 11) is 0. The molecule has 1 aromatic rings. The maximum atomic E-state index is 5.74. The van der Waals surface area contributed by atoms with E-state index in [9.17, 15) is 0 Å². The highest BCUT2D eigenvalue weighted by atomic mass is 127. The Morgan fingerprint density at radius 3 is 3.17 bits per heavy atom. The van der Waals surface area contributed by atoms with Crippen LogP contribution in [0.2, 0.25) is 0 Å². The van der Waals surface area contributed by atoms with E-state index in [-0.39, 0.29) is 0 Å². The molecule has 1 aliphatic rings. The Bertz CT molecular complexity index is 378. The molecule has 4 nitrogen and oxygen atoms in total. The maximum Gasteiger partial charge on any atom is 0.153 e. The van der Waals surface area contributed by atoms with Gasteiger partial charge in [-0.25, -0.2) is 4.98 Å². The van der Waals surface area contributed by atoms with E-state index in [2.05, 4.69) is 50.8 Å². The Morgan fingerprint density at radius 2 is 2.33 bits per heavy atom. The summed E-state index contributed by atoms with van der Waals surface area (Å²) < 4.78 is 6.68. The Labute approximate surface area is 122 Å². The number of rotatable bonds is 4. The van der Waals surface area contributed by atoms with Gasteiger partial charge in [0.2, 0.25) is 0 Å². The second-order valence-corrected chi connectivity index (χ2v) is 5.44. The fourth-order valence-corrected chi connectivity index (χ4v) is 2.46. The lowest BCUT2D eigenvalue weighted by Crippen LogP contribution is -2.28. The first-order valence-electron chi connectivity index (χ1n) is 6.55. The van der Waals surface area contributed by atoms with E-state index < -0.39 is 0 Å². The van der Waals surface area contributed by atoms with E-state index >= 15 is 0 Å². The van der Waals surface area contributed by atoms with Crippen LogP contribution in [0.3, 0.4) is 0 Å². The highest BCUT2D eigenvalue weighted by molar-refractivity contribution is 14.1. The van der Waals surface area contributed by atoms with Crippen LogP contribution in [0.1, 0.15) is 19.8 Å². The Balaban J connectivity index is 2.11. The molecular formula is C13H20IN3O. The third kappa shape index (κ3) is 3.71. The number of halogens is 1. The molecule has 0 unspecified atom stereocenters. The molecule has 0 saturated carbocycles. The molecule has 0 amide bonds. The Hall–Kier alpha value is -0.560. The van der Waals surface area contributed by atoms with Crippen LogP contribution >= 0.6 is 22.6 Å². The minimum absolute atomic E-state index is 0.753. The van der Waals surface area contributed by atoms with Crippen LogP contribution in [0.5, 0.6) is 5.75 Å². The lowest BCUT2D eigenvalue weighted by atomic mass is 10.3. The standard InChI is InChI=1S/C13H20IN3O/c1-2-8-18-12-9-11(10-16-13(12)14)17-6-3-4-15-5-7-17/h9-10,15H,2-8H2,1H3. The Morgan fingerprint density at radius 1 is 1.44 bits per heavy atom. The molecule has 1 fully saturated rings. The molecule has 0 spiro atoms. The predicted octanol–water partition coefficient (Wildman–Crippen LogP) is 2.27. The third-order valence-corrected chi connectivity index (χ3v) is 3.77. The van der Waals surface area contributed by atoms with Crippen LogP contribution in [0, 0.1) is 3.70 Å². The van der Waals surface area contributed by atoms with Crippen LogP contribution in [-0.2, 0) is 0 Å². The molecule has 5 heteroatoms. The molecule has 2 heterocycles. The van der Waals surface area contributed by atoms with Crippen LogP contribution in [-0.4, -0.2) is 37.8 Å². The number of hydrogen-bond acceptors (Lipinski definition) is 4. The number of aromatic nitrogens is 1. The summed E-state index contributed by atoms with van der Waals surface area (Å²) in [6.45, 7) is 7.13. The van der Waals surface area contributed by atoms with Crippen molar-refractivity contribution in [2.45, 2.75) is 19.8 Å². The van der Waals surface area contributed by atoms with Crippen LogP contribution in [0.25, 0.3) is 0 Å². The second-order valence-electron chi connectivity index (χ2n) is 4.42. The van der Waals surface area contributed by atoms with Crippen molar-refractivity contribution in [2.75, 3.05) is 37.7 Å². The van der Waals surface area contributed by atoms with Crippen molar-refractivity contribution in [2.24, 2.45) is 0 Å². The lowest BCUT2D eigenvalue weighted by molar-refractivity contribution is 0.313. The van der Waals surface area contributed by atoms with Gasteiger partial charge in [0.05, 0.1) is 18.5 Å². The van der Waals surface area contributed by atoms with E-state index in [4.69, 9.17) is 4.74 Å². The molecule has 1 saturated heterocycles. The van der Waals surface area contributed by atoms with Crippen molar-refractivity contribution in [3.05, 3.63) is 16.0 Å². The van der Waals surface area contributed by atoms with Gasteiger partial charge < -0.3 is 15.0 Å². The van der Waals surface area contributed by atoms with Crippen LogP contribution in [0.4, 0.5) is 5.69 Å². The predicted molar refractivity (Wildman–Crippen MR) is 82.4 cm³/mol. The number of nitrogens with one attached hydrogen (secondary N) is 1. The van der Waals surface area contributed by atoms with Crippen molar-refractivity contribution < 1.29 is 4.74 Å². The quantitative estimate of drug-likeness (QED) is 0.660. The average molecular weight is 361 g/mol. The van der Waals surface area contributed by atoms with E-state index in [1.807, 2.05) is 6.20 Å². The highest BCUT2D eigenvalue weighted by Crippen LogP contribution is 2.25. The van der Waals surface area contributed by atoms with E-state index in [1.165, 1.54) is 12.1 Å². The Kier molecular flexibility index (Phi) is 5.49. The van der Waals surface area contributed by atoms with Gasteiger partial charge in [-0.2, -0.15) is 0 Å². The number of ether oxygens (including phenoxy) is 1. The second kappa shape index (κ2) is 7.13. The molecule has 0 radical (unpaired) electrons. The summed E-state index contributed by atoms with van der Waals surface area (Å²) >= 11 is 2.23. The normalized spacial score (nSPS) is 16.4. The van der Waals surface area contributed by atoms with Crippen molar-refractivity contribution in [3.8, 4) is 5.75 Å². The van der Waals surface area contributed by atoms with Gasteiger partial charge in [0.1, 0.15) is 3.70 Å². The van der Waals surface area contributed by atoms with Gasteiger partial charge in [0.15, 0.2) is 5.75 Å². The van der Waals surface area contributed by atoms with Crippen LogP contribution < -0.4 is 15.0 Å². The summed E-state index contributed by atoms with van der Waals surface area (Å²) in [5.74, 6) is 0.909. The molecule has 0 aromatic carbocycles. The van der Waals surface area contributed by atoms with Gasteiger partial charge in [-0.15, -0.1) is 0 Å². The zero-order chi connectivity index (χ0) is 12.8. The number of pyridine rings is 1. The van der Waals surface area contributed by atoms with Crippen molar-refractivity contribution in [1.82, 2.24) is 10.3 Å². The summed E-state index contributed by atoms with van der Waals surface area (Å²) in [6.07, 6.45) is 4.15. The van der Waals surface area contributed by atoms with E-state index in [1.54, 1.807) is 0 Å². The molecule has 2 rings (SSSR count). The molecule has 0 aliphatic carbocycles. The van der Waals surface area contributed by atoms with Crippen LogP contribution in [0.15, 0.2) is 12.3 Å². The van der Waals surface area contributed by atoms with Crippen molar-refractivity contribution >= 4 is 28.3 Å². The molecular weight excluding hydrogens is 341 g/mol. The zero-order valence-corrected chi connectivity index (χ0v) is 12.9. The number of hydrogen-bond donors (Lipinski definition) is 1. The van der Waals surface area contributed by atoms with Crippen molar-refractivity contribution in [3.63, 3.8) is 0 Å². The summed E-state index contributed by atoms with van der Waals surface area (Å²) in [6, 6.07) is 2.12. The van der Waals surface area contributed by atoms with Crippen molar-refractivity contribution in [1.29, 1.82) is 0 Å². The molecule has 100 valence electrons. The first-order chi connectivity index (χ1) is 8.81. The largest absolute Gasteiger partial charge is 0.491 e. The first kappa shape index (κ1) is 13.9. The monoisotopic (exact) mass is 361 g/mol. The molecule has 0 atom stereocenters. The highest BCUT2D eigenvalue weighted by Gasteiger charge is 2.12. The summed E-state index contributed by atoms with van der Waals surface area (Å²) in [5, 5.41) is 3.41. The minimum atomic E-state index is 0.753. The fourth-order valence-electron chi connectivity index (χ4n) is 2.01. The topological polar surface area (TPSA) is 37.4 Å². The van der Waals surface area contributed by atoms with Gasteiger partial charge in [-0.05, 0) is 42.0 Å². The molecule has 18 heavy (non-hydrogen) atoms. The van der Waals surface area contributed by atoms with E-state index in [0.717, 1.165) is 48.7 Å². The number of nitrogens with zero attached hydrogens (tertiary/aromatic N) is 2. The molecule has 1 N–H and O–H groups in total. The number of anilines is 1.